The van der Waals surface area contributed by atoms with Crippen molar-refractivity contribution in [1.82, 2.24) is 0 Å². The summed E-state index contributed by atoms with van der Waals surface area (Å²) < 4.78 is 12.7. The highest BCUT2D eigenvalue weighted by Gasteiger charge is 2.74. The fourth-order valence-electron chi connectivity index (χ4n) is 8.15. The van der Waals surface area contributed by atoms with Crippen LogP contribution in [-0.4, -0.2) is 42.3 Å². The minimum atomic E-state index is -0.357. The molecule has 5 heteroatoms. The third kappa shape index (κ3) is 2.01. The van der Waals surface area contributed by atoms with Gasteiger partial charge in [-0.2, -0.15) is 0 Å². The molecule has 148 valence electrons. The lowest BCUT2D eigenvalue weighted by atomic mass is 9.45. The molecule has 5 aliphatic rings. The minimum absolute atomic E-state index is 0.00879. The molecule has 0 aromatic carbocycles. The molecule has 1 heterocycles. The van der Waals surface area contributed by atoms with Crippen LogP contribution in [0, 0.1) is 28.6 Å². The standard InChI is InChI=1S/C22H30O5/c1-20-8-7-18-21-9-6-14(24)11-13(21)5-10-22(18,27-19(21)26-2)17(20)4-3-15(20)16(25)12-23/h11,15,17-19,23H,3-10,12H2,1-2H3/t15-,17-,18-,19+,20-,21-,22-/m1/s1. The zero-order valence-corrected chi connectivity index (χ0v) is 16.3. The average molecular weight is 374 g/mol. The molecule has 3 saturated carbocycles. The van der Waals surface area contributed by atoms with Gasteiger partial charge in [0.2, 0.25) is 0 Å². The van der Waals surface area contributed by atoms with Crippen LogP contribution in [0.3, 0.4) is 0 Å². The van der Waals surface area contributed by atoms with Gasteiger partial charge >= 0.3 is 0 Å². The normalized spacial score (nSPS) is 50.6. The maximum absolute atomic E-state index is 12.5. The molecule has 0 aromatic rings. The Morgan fingerprint density at radius 3 is 2.78 bits per heavy atom. The van der Waals surface area contributed by atoms with Gasteiger partial charge in [0.1, 0.15) is 6.61 Å². The van der Waals surface area contributed by atoms with Crippen LogP contribution >= 0.6 is 0 Å². The van der Waals surface area contributed by atoms with Crippen LogP contribution in [0.1, 0.15) is 58.3 Å². The quantitative estimate of drug-likeness (QED) is 0.822. The Bertz CT molecular complexity index is 728. The minimum Gasteiger partial charge on any atom is -0.389 e. The largest absolute Gasteiger partial charge is 0.389 e. The highest BCUT2D eigenvalue weighted by Crippen LogP contribution is 2.74. The summed E-state index contributed by atoms with van der Waals surface area (Å²) in [6, 6.07) is 0. The van der Waals surface area contributed by atoms with Crippen molar-refractivity contribution in [3.8, 4) is 0 Å². The van der Waals surface area contributed by atoms with Gasteiger partial charge in [0.25, 0.3) is 0 Å². The van der Waals surface area contributed by atoms with Gasteiger partial charge in [-0.1, -0.05) is 12.5 Å². The Hall–Kier alpha value is -1.04. The smallest absolute Gasteiger partial charge is 0.167 e. The number of carbonyl (C=O) groups is 2. The van der Waals surface area contributed by atoms with Crippen molar-refractivity contribution < 1.29 is 24.2 Å². The fourth-order valence-corrected chi connectivity index (χ4v) is 8.15. The lowest BCUT2D eigenvalue weighted by Crippen LogP contribution is -2.59. The lowest BCUT2D eigenvalue weighted by molar-refractivity contribution is -0.209. The van der Waals surface area contributed by atoms with Crippen LogP contribution in [0.15, 0.2) is 11.6 Å². The van der Waals surface area contributed by atoms with E-state index in [0.29, 0.717) is 18.3 Å². The number of hydrogen-bond donors (Lipinski definition) is 1. The van der Waals surface area contributed by atoms with Crippen LogP contribution in [0.25, 0.3) is 0 Å². The SMILES string of the molecule is CO[C@H]1O[C@@]23CCC4=CC(=O)CC[C@]41[C@H]2CC[C@]1(C)[C@@H](C(=O)CO)CC[C@H]13. The van der Waals surface area contributed by atoms with Gasteiger partial charge in [0.05, 0.1) is 5.60 Å². The van der Waals surface area contributed by atoms with Gasteiger partial charge in [-0.25, -0.2) is 0 Å². The lowest BCUT2D eigenvalue weighted by Gasteiger charge is -2.58. The first-order valence-corrected chi connectivity index (χ1v) is 10.5. The van der Waals surface area contributed by atoms with Crippen molar-refractivity contribution in [2.45, 2.75) is 70.2 Å². The Balaban J connectivity index is 1.60. The number of rotatable bonds is 3. The van der Waals surface area contributed by atoms with Crippen molar-refractivity contribution in [1.29, 1.82) is 0 Å². The van der Waals surface area contributed by atoms with E-state index in [2.05, 4.69) is 6.92 Å². The first-order valence-electron chi connectivity index (χ1n) is 10.5. The summed E-state index contributed by atoms with van der Waals surface area (Å²) in [5, 5.41) is 9.48. The Labute approximate surface area is 160 Å². The topological polar surface area (TPSA) is 72.8 Å². The molecule has 7 atom stereocenters. The molecule has 1 saturated heterocycles. The van der Waals surface area contributed by atoms with Crippen LogP contribution < -0.4 is 0 Å². The molecule has 4 aliphatic carbocycles. The first-order chi connectivity index (χ1) is 12.9. The molecule has 1 spiro atoms. The number of carbonyl (C=O) groups excluding carboxylic acids is 2. The molecule has 2 bridgehead atoms. The van der Waals surface area contributed by atoms with Crippen molar-refractivity contribution in [3.05, 3.63) is 11.6 Å². The molecule has 27 heavy (non-hydrogen) atoms. The summed E-state index contributed by atoms with van der Waals surface area (Å²) in [6.45, 7) is 1.89. The third-order valence-corrected chi connectivity index (χ3v) is 9.12. The van der Waals surface area contributed by atoms with Crippen LogP contribution in [0.4, 0.5) is 0 Å². The van der Waals surface area contributed by atoms with E-state index in [9.17, 15) is 14.7 Å². The predicted molar refractivity (Wildman–Crippen MR) is 97.7 cm³/mol. The van der Waals surface area contributed by atoms with E-state index in [1.807, 2.05) is 6.08 Å². The molecule has 5 rings (SSSR count). The maximum Gasteiger partial charge on any atom is 0.167 e. The number of methoxy groups -OCH3 is 1. The average Bonchev–Trinajstić information content (AvgIpc) is 3.11. The van der Waals surface area contributed by atoms with E-state index in [1.54, 1.807) is 7.11 Å². The van der Waals surface area contributed by atoms with Gasteiger partial charge in [0.15, 0.2) is 17.9 Å². The summed E-state index contributed by atoms with van der Waals surface area (Å²) >= 11 is 0. The first kappa shape index (κ1) is 18.0. The van der Waals surface area contributed by atoms with Crippen LogP contribution in [0.5, 0.6) is 0 Å². The number of aliphatic hydroxyl groups is 1. The molecule has 0 radical (unpaired) electrons. The summed E-state index contributed by atoms with van der Waals surface area (Å²) in [4.78, 5) is 24.6. The number of ether oxygens (including phenoxy) is 2. The second-order valence-corrected chi connectivity index (χ2v) is 9.72. The van der Waals surface area contributed by atoms with Gasteiger partial charge in [-0.05, 0) is 62.4 Å². The van der Waals surface area contributed by atoms with Crippen molar-refractivity contribution >= 4 is 11.6 Å². The monoisotopic (exact) mass is 374 g/mol. The zero-order valence-electron chi connectivity index (χ0n) is 16.3. The molecular weight excluding hydrogens is 344 g/mol. The number of Topliss-reactive ketones (excluding diaryl/α,β-unsaturated/α-hetero) is 1. The summed E-state index contributed by atoms with van der Waals surface area (Å²) in [6.07, 6.45) is 8.63. The number of hydrogen-bond acceptors (Lipinski definition) is 5. The molecule has 4 fully saturated rings. The number of ketones is 2. The van der Waals surface area contributed by atoms with Gasteiger partial charge < -0.3 is 14.6 Å². The van der Waals surface area contributed by atoms with Crippen molar-refractivity contribution in [2.24, 2.45) is 28.6 Å². The summed E-state index contributed by atoms with van der Waals surface area (Å²) in [5.74, 6) is 0.851. The molecule has 1 aliphatic heterocycles. The van der Waals surface area contributed by atoms with E-state index in [-0.39, 0.29) is 46.8 Å². The van der Waals surface area contributed by atoms with Gasteiger partial charge in [0, 0.05) is 30.8 Å². The maximum atomic E-state index is 12.5. The molecule has 0 unspecified atom stereocenters. The molecule has 1 N–H and O–H groups in total. The molecule has 5 nitrogen and oxygen atoms in total. The van der Waals surface area contributed by atoms with Gasteiger partial charge in [-0.15, -0.1) is 0 Å². The van der Waals surface area contributed by atoms with Crippen LogP contribution in [0.2, 0.25) is 0 Å². The Morgan fingerprint density at radius 1 is 1.22 bits per heavy atom. The highest BCUT2D eigenvalue weighted by atomic mass is 16.7. The molecule has 0 amide bonds. The van der Waals surface area contributed by atoms with E-state index in [0.717, 1.165) is 44.9 Å². The third-order valence-electron chi connectivity index (χ3n) is 9.12. The number of fused-ring (bicyclic) bond motifs is 1. The second-order valence-electron chi connectivity index (χ2n) is 9.72. The Kier molecular flexibility index (Phi) is 3.83. The summed E-state index contributed by atoms with van der Waals surface area (Å²) in [7, 11) is 1.72. The molecular formula is C22H30O5. The summed E-state index contributed by atoms with van der Waals surface area (Å²) in [5.41, 5.74) is 0.719. The van der Waals surface area contributed by atoms with E-state index >= 15 is 0 Å². The predicted octanol–water partition coefficient (Wildman–Crippen LogP) is 2.80. The Morgan fingerprint density at radius 2 is 2.04 bits per heavy atom. The number of aliphatic hydroxyl groups excluding tert-OH is 1. The van der Waals surface area contributed by atoms with E-state index < -0.39 is 0 Å². The van der Waals surface area contributed by atoms with E-state index in [4.69, 9.17) is 9.47 Å². The van der Waals surface area contributed by atoms with Crippen molar-refractivity contribution in [3.63, 3.8) is 0 Å². The van der Waals surface area contributed by atoms with Crippen molar-refractivity contribution in [2.75, 3.05) is 13.7 Å². The van der Waals surface area contributed by atoms with E-state index in [1.165, 1.54) is 5.57 Å². The molecule has 0 aromatic heterocycles. The highest BCUT2D eigenvalue weighted by molar-refractivity contribution is 5.92. The van der Waals surface area contributed by atoms with Gasteiger partial charge in [-0.3, -0.25) is 9.59 Å². The fraction of sp³-hybridized carbons (Fsp3) is 0.818. The van der Waals surface area contributed by atoms with Crippen LogP contribution in [-0.2, 0) is 19.1 Å². The zero-order chi connectivity index (χ0) is 19.0. The second kappa shape index (κ2) is 5.74.